The van der Waals surface area contributed by atoms with Crippen LogP contribution < -0.4 is 10.4 Å². The number of ether oxygens (including phenoxy) is 1. The molecule has 1 N–H and O–H groups in total. The molecule has 4 aromatic rings. The molecule has 1 aliphatic rings. The van der Waals surface area contributed by atoms with Crippen LogP contribution in [0.2, 0.25) is 0 Å². The number of nitrogens with zero attached hydrogens (tertiary/aromatic N) is 5. The summed E-state index contributed by atoms with van der Waals surface area (Å²) >= 11 is 0. The van der Waals surface area contributed by atoms with Crippen molar-refractivity contribution in [1.82, 2.24) is 30.2 Å². The number of benzene rings is 1. The Morgan fingerprint density at radius 2 is 2.06 bits per heavy atom. The lowest BCUT2D eigenvalue weighted by Gasteiger charge is -2.16. The second kappa shape index (κ2) is 7.99. The highest BCUT2D eigenvalue weighted by Crippen LogP contribution is 2.43. The Kier molecular flexibility index (Phi) is 5.01. The van der Waals surface area contributed by atoms with E-state index >= 15 is 0 Å². The molecule has 0 atom stereocenters. The van der Waals surface area contributed by atoms with Crippen molar-refractivity contribution in [2.75, 3.05) is 0 Å². The summed E-state index contributed by atoms with van der Waals surface area (Å²) in [5.41, 5.74) is 5.33. The van der Waals surface area contributed by atoms with Crippen LogP contribution in [0.5, 0.6) is 5.88 Å². The zero-order valence-electron chi connectivity index (χ0n) is 17.7. The standard InChI is InChI=1S/C23H21FN6O2/c1-13-10-18(20-9-8-16(24)11-25-20)14(2)26-22(13)32-12-19-17(15-6-7-15)4-3-5-21(19)30-23(31)27-28-29-30/h3-5,8-11,15H,6-7,12H2,1-2H3,(H,27,29,31). The molecule has 1 fully saturated rings. The molecule has 1 saturated carbocycles. The van der Waals surface area contributed by atoms with E-state index in [1.807, 2.05) is 32.0 Å². The molecule has 9 heteroatoms. The molecule has 5 rings (SSSR count). The van der Waals surface area contributed by atoms with Gasteiger partial charge in [-0.3, -0.25) is 4.98 Å². The molecule has 0 saturated heterocycles. The van der Waals surface area contributed by atoms with Gasteiger partial charge in [-0.05, 0) is 72.9 Å². The van der Waals surface area contributed by atoms with Crippen molar-refractivity contribution in [3.63, 3.8) is 0 Å². The summed E-state index contributed by atoms with van der Waals surface area (Å²) in [6.07, 6.45) is 3.41. The third-order valence-corrected chi connectivity index (χ3v) is 5.62. The predicted octanol–water partition coefficient (Wildman–Crippen LogP) is 3.62. The van der Waals surface area contributed by atoms with E-state index in [2.05, 4.69) is 31.6 Å². The Morgan fingerprint density at radius 3 is 2.75 bits per heavy atom. The smallest absolute Gasteiger partial charge is 0.365 e. The topological polar surface area (TPSA) is 98.6 Å². The zero-order chi connectivity index (χ0) is 22.2. The van der Waals surface area contributed by atoms with E-state index in [0.717, 1.165) is 40.8 Å². The highest BCUT2D eigenvalue weighted by molar-refractivity contribution is 5.63. The van der Waals surface area contributed by atoms with E-state index in [-0.39, 0.29) is 12.4 Å². The van der Waals surface area contributed by atoms with E-state index < -0.39 is 5.69 Å². The quantitative estimate of drug-likeness (QED) is 0.500. The van der Waals surface area contributed by atoms with Crippen molar-refractivity contribution < 1.29 is 9.13 Å². The molecule has 1 aliphatic carbocycles. The van der Waals surface area contributed by atoms with Gasteiger partial charge < -0.3 is 4.74 Å². The Morgan fingerprint density at radius 1 is 1.22 bits per heavy atom. The number of aromatic amines is 1. The molecule has 0 spiro atoms. The van der Waals surface area contributed by atoms with Crippen molar-refractivity contribution in [3.8, 4) is 22.8 Å². The molecule has 0 amide bonds. The maximum Gasteiger partial charge on any atom is 0.365 e. The van der Waals surface area contributed by atoms with Gasteiger partial charge in [0, 0.05) is 16.7 Å². The van der Waals surface area contributed by atoms with Gasteiger partial charge >= 0.3 is 5.69 Å². The van der Waals surface area contributed by atoms with Crippen LogP contribution >= 0.6 is 0 Å². The highest BCUT2D eigenvalue weighted by Gasteiger charge is 2.28. The Balaban J connectivity index is 1.47. The number of halogens is 1. The van der Waals surface area contributed by atoms with Crippen LogP contribution in [0.4, 0.5) is 4.39 Å². The first-order valence-electron chi connectivity index (χ1n) is 10.4. The van der Waals surface area contributed by atoms with Crippen LogP contribution in [0, 0.1) is 19.7 Å². The molecule has 3 heterocycles. The van der Waals surface area contributed by atoms with Gasteiger partial charge in [0.15, 0.2) is 0 Å². The fraction of sp³-hybridized carbons (Fsp3) is 0.261. The number of hydrogen-bond donors (Lipinski definition) is 1. The number of H-pyrrole nitrogens is 1. The number of aryl methyl sites for hydroxylation is 2. The average Bonchev–Trinajstić information content (AvgIpc) is 3.55. The first-order chi connectivity index (χ1) is 15.5. The maximum atomic E-state index is 13.2. The second-order valence-corrected chi connectivity index (χ2v) is 7.93. The molecule has 32 heavy (non-hydrogen) atoms. The third-order valence-electron chi connectivity index (χ3n) is 5.62. The van der Waals surface area contributed by atoms with Gasteiger partial charge in [0.05, 0.1) is 23.3 Å². The number of rotatable bonds is 6. The third kappa shape index (κ3) is 3.77. The van der Waals surface area contributed by atoms with Crippen molar-refractivity contribution in [3.05, 3.63) is 81.3 Å². The summed E-state index contributed by atoms with van der Waals surface area (Å²) < 4.78 is 20.6. The summed E-state index contributed by atoms with van der Waals surface area (Å²) in [6.45, 7) is 4.01. The van der Waals surface area contributed by atoms with Crippen molar-refractivity contribution in [2.24, 2.45) is 0 Å². The Labute approximate surface area is 183 Å². The van der Waals surface area contributed by atoms with Crippen LogP contribution in [0.15, 0.2) is 47.4 Å². The zero-order valence-corrected chi connectivity index (χ0v) is 17.7. The van der Waals surface area contributed by atoms with Crippen molar-refractivity contribution in [1.29, 1.82) is 0 Å². The summed E-state index contributed by atoms with van der Waals surface area (Å²) in [7, 11) is 0. The van der Waals surface area contributed by atoms with Crippen molar-refractivity contribution >= 4 is 0 Å². The summed E-state index contributed by atoms with van der Waals surface area (Å²) in [5.74, 6) is 0.573. The minimum atomic E-state index is -0.402. The maximum absolute atomic E-state index is 13.2. The Bertz CT molecular complexity index is 1340. The summed E-state index contributed by atoms with van der Waals surface area (Å²) in [6, 6.07) is 10.8. The monoisotopic (exact) mass is 432 g/mol. The van der Waals surface area contributed by atoms with Crippen LogP contribution in [-0.4, -0.2) is 30.2 Å². The van der Waals surface area contributed by atoms with Gasteiger partial charge in [0.2, 0.25) is 5.88 Å². The van der Waals surface area contributed by atoms with Gasteiger partial charge in [-0.2, -0.15) is 4.68 Å². The number of hydrogen-bond acceptors (Lipinski definition) is 6. The van der Waals surface area contributed by atoms with Crippen molar-refractivity contribution in [2.45, 2.75) is 39.2 Å². The predicted molar refractivity (Wildman–Crippen MR) is 115 cm³/mol. The Hall–Kier alpha value is -3.88. The number of aromatic nitrogens is 6. The largest absolute Gasteiger partial charge is 0.472 e. The summed E-state index contributed by atoms with van der Waals surface area (Å²) in [4.78, 5) is 20.9. The van der Waals surface area contributed by atoms with Crippen LogP contribution in [0.3, 0.4) is 0 Å². The van der Waals surface area contributed by atoms with E-state index in [1.165, 1.54) is 16.9 Å². The van der Waals surface area contributed by atoms with E-state index in [0.29, 0.717) is 23.2 Å². The molecule has 0 aliphatic heterocycles. The van der Waals surface area contributed by atoms with Crippen LogP contribution in [-0.2, 0) is 6.61 Å². The van der Waals surface area contributed by atoms with E-state index in [9.17, 15) is 9.18 Å². The minimum absolute atomic E-state index is 0.239. The molecular weight excluding hydrogens is 411 g/mol. The van der Waals surface area contributed by atoms with Gasteiger partial charge in [-0.1, -0.05) is 12.1 Å². The first-order valence-corrected chi connectivity index (χ1v) is 10.4. The van der Waals surface area contributed by atoms with Crippen LogP contribution in [0.1, 0.15) is 41.1 Å². The molecule has 162 valence electrons. The number of nitrogens with one attached hydrogen (secondary N) is 1. The first kappa shape index (κ1) is 20.0. The van der Waals surface area contributed by atoms with E-state index in [4.69, 9.17) is 4.74 Å². The molecular formula is C23H21FN6O2. The van der Waals surface area contributed by atoms with E-state index in [1.54, 1.807) is 6.07 Å². The normalized spacial score (nSPS) is 13.3. The fourth-order valence-electron chi connectivity index (χ4n) is 3.84. The minimum Gasteiger partial charge on any atom is -0.472 e. The fourth-order valence-corrected chi connectivity index (χ4v) is 3.84. The number of pyridine rings is 2. The lowest BCUT2D eigenvalue weighted by atomic mass is 10.0. The number of tetrazole rings is 1. The highest BCUT2D eigenvalue weighted by atomic mass is 19.1. The van der Waals surface area contributed by atoms with Gasteiger partial charge in [0.25, 0.3) is 0 Å². The molecule has 1 aromatic carbocycles. The average molecular weight is 432 g/mol. The second-order valence-electron chi connectivity index (χ2n) is 7.93. The molecule has 0 radical (unpaired) electrons. The summed E-state index contributed by atoms with van der Waals surface area (Å²) in [5, 5.41) is 9.85. The van der Waals surface area contributed by atoms with Gasteiger partial charge in [-0.15, -0.1) is 0 Å². The lowest BCUT2D eigenvalue weighted by molar-refractivity contribution is 0.289. The molecule has 0 unspecified atom stereocenters. The van der Waals surface area contributed by atoms with Gasteiger partial charge in [0.1, 0.15) is 12.4 Å². The SMILES string of the molecule is Cc1cc(-c2ccc(F)cn2)c(C)nc1OCc1c(C2CC2)cccc1-n1nn[nH]c1=O. The molecule has 3 aromatic heterocycles. The molecule has 8 nitrogen and oxygen atoms in total. The lowest BCUT2D eigenvalue weighted by Crippen LogP contribution is -2.19. The molecule has 0 bridgehead atoms. The van der Waals surface area contributed by atoms with Gasteiger partial charge in [-0.25, -0.2) is 19.3 Å². The van der Waals surface area contributed by atoms with Crippen LogP contribution in [0.25, 0.3) is 16.9 Å².